The molecule has 6 nitrogen and oxygen atoms in total. The van der Waals surface area contributed by atoms with E-state index in [2.05, 4.69) is 39.4 Å². The van der Waals surface area contributed by atoms with Crippen molar-refractivity contribution in [2.24, 2.45) is 0 Å². The van der Waals surface area contributed by atoms with Crippen LogP contribution in [0.3, 0.4) is 0 Å². The molecule has 0 saturated carbocycles. The van der Waals surface area contributed by atoms with Gasteiger partial charge in [0.05, 0.1) is 15.7 Å². The third-order valence-electron chi connectivity index (χ3n) is 3.98. The van der Waals surface area contributed by atoms with Crippen LogP contribution >= 0.6 is 23.2 Å². The summed E-state index contributed by atoms with van der Waals surface area (Å²) in [5.74, 6) is 0.931. The van der Waals surface area contributed by atoms with E-state index in [1.807, 2.05) is 18.2 Å². The van der Waals surface area contributed by atoms with Crippen molar-refractivity contribution in [1.82, 2.24) is 15.0 Å². The number of aromatic hydroxyl groups is 1. The Kier molecular flexibility index (Phi) is 5.98. The first kappa shape index (κ1) is 19.2. The summed E-state index contributed by atoms with van der Waals surface area (Å²) in [5.41, 5.74) is 2.28. The van der Waals surface area contributed by atoms with Crippen LogP contribution in [0.1, 0.15) is 20.3 Å². The minimum atomic E-state index is -0.150. The summed E-state index contributed by atoms with van der Waals surface area (Å²) >= 11 is 12.0. The number of benzene rings is 1. The Bertz CT molecular complexity index is 914. The molecule has 0 aliphatic carbocycles. The Balaban J connectivity index is 1.99. The van der Waals surface area contributed by atoms with Crippen LogP contribution in [0.2, 0.25) is 10.0 Å². The molecule has 0 bridgehead atoms. The van der Waals surface area contributed by atoms with Crippen LogP contribution in [-0.2, 0) is 0 Å². The van der Waals surface area contributed by atoms with Crippen LogP contribution in [0, 0.1) is 0 Å². The minimum absolute atomic E-state index is 0.150. The van der Waals surface area contributed by atoms with Crippen molar-refractivity contribution >= 4 is 40.7 Å². The van der Waals surface area contributed by atoms with Gasteiger partial charge >= 0.3 is 0 Å². The van der Waals surface area contributed by atoms with Crippen molar-refractivity contribution < 1.29 is 5.11 Å². The second-order valence-electron chi connectivity index (χ2n) is 6.07. The van der Waals surface area contributed by atoms with E-state index >= 15 is 0 Å². The molecule has 3 aromatic rings. The molecule has 0 aliphatic heterocycles. The van der Waals surface area contributed by atoms with Crippen LogP contribution in [0.25, 0.3) is 11.3 Å². The average Bonchev–Trinajstić information content (AvgIpc) is 2.66. The fourth-order valence-corrected chi connectivity index (χ4v) is 2.84. The molecule has 0 amide bonds. The first-order valence-corrected chi connectivity index (χ1v) is 9.23. The molecule has 0 spiro atoms. The van der Waals surface area contributed by atoms with Crippen molar-refractivity contribution in [2.75, 3.05) is 10.6 Å². The molecule has 2 aromatic heterocycles. The smallest absolute Gasteiger partial charge is 0.225 e. The largest absolute Gasteiger partial charge is 0.505 e. The zero-order valence-corrected chi connectivity index (χ0v) is 16.4. The van der Waals surface area contributed by atoms with Gasteiger partial charge in [0, 0.05) is 35.8 Å². The van der Waals surface area contributed by atoms with Gasteiger partial charge in [-0.2, -0.15) is 4.98 Å². The van der Waals surface area contributed by atoms with E-state index in [0.717, 1.165) is 17.7 Å². The predicted molar refractivity (Wildman–Crippen MR) is 110 cm³/mol. The summed E-state index contributed by atoms with van der Waals surface area (Å²) in [4.78, 5) is 13.2. The minimum Gasteiger partial charge on any atom is -0.505 e. The lowest BCUT2D eigenvalue weighted by Crippen LogP contribution is -2.16. The molecule has 0 saturated heterocycles. The standard InChI is InChI=1S/C19H19Cl2N5O/c1-3-11(2)23-19-25-16(12-4-6-22-7-5-12)10-17(26-19)24-13-8-14(20)18(27)15(21)9-13/h4-11,27H,3H2,1-2H3,(H2,23,24,25,26)/t11-/m0/s1. The van der Waals surface area contributed by atoms with Gasteiger partial charge in [-0.15, -0.1) is 0 Å². The zero-order valence-electron chi connectivity index (χ0n) is 14.9. The molecule has 0 aliphatic rings. The number of aromatic nitrogens is 3. The molecule has 3 N–H and O–H groups in total. The summed E-state index contributed by atoms with van der Waals surface area (Å²) < 4.78 is 0. The first-order valence-electron chi connectivity index (χ1n) is 8.47. The van der Waals surface area contributed by atoms with Crippen LogP contribution in [0.5, 0.6) is 5.75 Å². The maximum Gasteiger partial charge on any atom is 0.225 e. The highest BCUT2D eigenvalue weighted by Crippen LogP contribution is 2.35. The highest BCUT2D eigenvalue weighted by molar-refractivity contribution is 6.37. The van der Waals surface area contributed by atoms with E-state index in [-0.39, 0.29) is 21.8 Å². The van der Waals surface area contributed by atoms with E-state index in [1.54, 1.807) is 24.5 Å². The summed E-state index contributed by atoms with van der Waals surface area (Å²) in [6.45, 7) is 4.15. The molecule has 0 radical (unpaired) electrons. The first-order chi connectivity index (χ1) is 13.0. The quantitative estimate of drug-likeness (QED) is 0.470. The lowest BCUT2D eigenvalue weighted by Gasteiger charge is -2.15. The van der Waals surface area contributed by atoms with E-state index < -0.39 is 0 Å². The second kappa shape index (κ2) is 8.41. The number of anilines is 3. The second-order valence-corrected chi connectivity index (χ2v) is 6.88. The number of rotatable bonds is 6. The van der Waals surface area contributed by atoms with Crippen LogP contribution in [0.4, 0.5) is 17.5 Å². The van der Waals surface area contributed by atoms with Gasteiger partial charge in [-0.1, -0.05) is 30.1 Å². The van der Waals surface area contributed by atoms with E-state index in [9.17, 15) is 5.11 Å². The molecule has 27 heavy (non-hydrogen) atoms. The Morgan fingerprint density at radius 3 is 2.37 bits per heavy atom. The number of hydrogen-bond donors (Lipinski definition) is 3. The van der Waals surface area contributed by atoms with Gasteiger partial charge < -0.3 is 15.7 Å². The Hall–Kier alpha value is -2.57. The zero-order chi connectivity index (χ0) is 19.4. The number of halogens is 2. The predicted octanol–water partition coefficient (Wildman–Crippen LogP) is 5.51. The normalized spacial score (nSPS) is 11.9. The highest BCUT2D eigenvalue weighted by atomic mass is 35.5. The van der Waals surface area contributed by atoms with Crippen LogP contribution < -0.4 is 10.6 Å². The number of nitrogens with one attached hydrogen (secondary N) is 2. The molecular formula is C19H19Cl2N5O. The molecule has 1 atom stereocenters. The Morgan fingerprint density at radius 2 is 1.74 bits per heavy atom. The molecule has 2 heterocycles. The van der Waals surface area contributed by atoms with Gasteiger partial charge in [-0.25, -0.2) is 4.98 Å². The number of nitrogens with zero attached hydrogens (tertiary/aromatic N) is 3. The third-order valence-corrected chi connectivity index (χ3v) is 4.56. The van der Waals surface area contributed by atoms with Crippen molar-refractivity contribution in [3.8, 4) is 17.0 Å². The molecule has 8 heteroatoms. The van der Waals surface area contributed by atoms with Crippen LogP contribution in [-0.4, -0.2) is 26.1 Å². The Morgan fingerprint density at radius 1 is 1.07 bits per heavy atom. The topological polar surface area (TPSA) is 83.0 Å². The summed E-state index contributed by atoms with van der Waals surface area (Å²) in [7, 11) is 0. The maximum atomic E-state index is 9.73. The molecular weight excluding hydrogens is 385 g/mol. The van der Waals surface area contributed by atoms with Crippen molar-refractivity contribution in [1.29, 1.82) is 0 Å². The van der Waals surface area contributed by atoms with Gasteiger partial charge in [0.1, 0.15) is 5.82 Å². The number of phenols is 1. The van der Waals surface area contributed by atoms with E-state index in [0.29, 0.717) is 17.5 Å². The summed E-state index contributed by atoms with van der Waals surface area (Å²) in [6, 6.07) is 8.98. The fourth-order valence-electron chi connectivity index (χ4n) is 2.35. The maximum absolute atomic E-state index is 9.73. The fraction of sp³-hybridized carbons (Fsp3) is 0.211. The summed E-state index contributed by atoms with van der Waals surface area (Å²) in [6.07, 6.45) is 4.37. The molecule has 0 fully saturated rings. The van der Waals surface area contributed by atoms with Gasteiger partial charge in [-0.3, -0.25) is 4.98 Å². The molecule has 140 valence electrons. The number of hydrogen-bond acceptors (Lipinski definition) is 6. The van der Waals surface area contributed by atoms with Crippen molar-refractivity contribution in [2.45, 2.75) is 26.3 Å². The third kappa shape index (κ3) is 4.78. The number of pyridine rings is 1. The lowest BCUT2D eigenvalue weighted by molar-refractivity contribution is 0.476. The average molecular weight is 404 g/mol. The molecule has 3 rings (SSSR count). The van der Waals surface area contributed by atoms with Gasteiger partial charge in [0.15, 0.2) is 5.75 Å². The van der Waals surface area contributed by atoms with Crippen molar-refractivity contribution in [3.63, 3.8) is 0 Å². The van der Waals surface area contributed by atoms with E-state index in [4.69, 9.17) is 23.2 Å². The highest BCUT2D eigenvalue weighted by Gasteiger charge is 2.11. The summed E-state index contributed by atoms with van der Waals surface area (Å²) in [5, 5.41) is 16.5. The van der Waals surface area contributed by atoms with Gasteiger partial charge in [0.2, 0.25) is 5.95 Å². The van der Waals surface area contributed by atoms with E-state index in [1.165, 1.54) is 0 Å². The number of phenolic OH excluding ortho intramolecular Hbond substituents is 1. The SMILES string of the molecule is CC[C@H](C)Nc1nc(Nc2cc(Cl)c(O)c(Cl)c2)cc(-c2ccncc2)n1. The molecule has 1 aromatic carbocycles. The van der Waals surface area contributed by atoms with Crippen molar-refractivity contribution in [3.05, 3.63) is 52.8 Å². The van der Waals surface area contributed by atoms with Crippen LogP contribution in [0.15, 0.2) is 42.7 Å². The monoisotopic (exact) mass is 403 g/mol. The van der Waals surface area contributed by atoms with Gasteiger partial charge in [-0.05, 0) is 37.6 Å². The van der Waals surface area contributed by atoms with Gasteiger partial charge in [0.25, 0.3) is 0 Å². The Labute approximate surface area is 167 Å². The lowest BCUT2D eigenvalue weighted by atomic mass is 10.2. The molecule has 0 unspecified atom stereocenters.